The topological polar surface area (TPSA) is 90.9 Å². The van der Waals surface area contributed by atoms with Crippen molar-refractivity contribution in [2.45, 2.75) is 29.6 Å². The van der Waals surface area contributed by atoms with Crippen molar-refractivity contribution in [2.75, 3.05) is 20.0 Å². The first-order valence-electron chi connectivity index (χ1n) is 6.98. The standard InChI is InChI=1S/C14H16ClNO6S/c1-20-14(17)7-3-4-9(23(2,18)19)10(11(7)15)13-12-8(16-22-13)5-6-21-12/h3-4,8,12-13,16H,5-6H2,1-2H3. The van der Waals surface area contributed by atoms with Crippen molar-refractivity contribution >= 4 is 27.4 Å². The largest absolute Gasteiger partial charge is 0.465 e. The van der Waals surface area contributed by atoms with E-state index in [-0.39, 0.29) is 33.2 Å². The van der Waals surface area contributed by atoms with Gasteiger partial charge in [-0.2, -0.15) is 5.48 Å². The third kappa shape index (κ3) is 2.85. The third-order valence-corrected chi connectivity index (χ3v) is 5.57. The van der Waals surface area contributed by atoms with E-state index in [1.807, 2.05) is 0 Å². The second kappa shape index (κ2) is 6.03. The smallest absolute Gasteiger partial charge is 0.339 e. The molecule has 2 saturated heterocycles. The van der Waals surface area contributed by atoms with Crippen LogP contribution in [0.5, 0.6) is 0 Å². The maximum atomic E-state index is 12.1. The molecule has 1 aromatic rings. The third-order valence-electron chi connectivity index (χ3n) is 4.01. The zero-order valence-electron chi connectivity index (χ0n) is 12.5. The van der Waals surface area contributed by atoms with Crippen LogP contribution in [0.15, 0.2) is 17.0 Å². The van der Waals surface area contributed by atoms with Crippen LogP contribution in [-0.4, -0.2) is 46.5 Å². The number of halogens is 1. The van der Waals surface area contributed by atoms with Crippen LogP contribution in [0.25, 0.3) is 0 Å². The van der Waals surface area contributed by atoms with E-state index in [1.165, 1.54) is 19.2 Å². The zero-order chi connectivity index (χ0) is 16.8. The van der Waals surface area contributed by atoms with Crippen LogP contribution in [-0.2, 0) is 24.1 Å². The van der Waals surface area contributed by atoms with Crippen LogP contribution in [0, 0.1) is 0 Å². The molecule has 126 valence electrons. The van der Waals surface area contributed by atoms with Crippen molar-refractivity contribution in [3.05, 3.63) is 28.3 Å². The van der Waals surface area contributed by atoms with Gasteiger partial charge in [-0.3, -0.25) is 4.84 Å². The number of ether oxygens (including phenoxy) is 2. The number of hydrogen-bond acceptors (Lipinski definition) is 7. The van der Waals surface area contributed by atoms with Crippen LogP contribution < -0.4 is 5.48 Å². The Morgan fingerprint density at radius 3 is 2.83 bits per heavy atom. The Morgan fingerprint density at radius 1 is 1.43 bits per heavy atom. The van der Waals surface area contributed by atoms with E-state index in [2.05, 4.69) is 10.2 Å². The summed E-state index contributed by atoms with van der Waals surface area (Å²) in [5.41, 5.74) is 3.15. The molecule has 7 nitrogen and oxygen atoms in total. The number of rotatable bonds is 3. The van der Waals surface area contributed by atoms with Crippen molar-refractivity contribution in [3.63, 3.8) is 0 Å². The molecule has 3 rings (SSSR count). The summed E-state index contributed by atoms with van der Waals surface area (Å²) in [6, 6.07) is 2.64. The Balaban J connectivity index is 2.17. The van der Waals surface area contributed by atoms with Gasteiger partial charge in [0.15, 0.2) is 9.84 Å². The lowest BCUT2D eigenvalue weighted by Gasteiger charge is -2.21. The van der Waals surface area contributed by atoms with Gasteiger partial charge in [0, 0.05) is 18.4 Å². The maximum Gasteiger partial charge on any atom is 0.339 e. The fourth-order valence-corrected chi connectivity index (χ4v) is 4.26. The lowest BCUT2D eigenvalue weighted by Crippen LogP contribution is -2.26. The molecule has 1 aromatic carbocycles. The number of fused-ring (bicyclic) bond motifs is 1. The van der Waals surface area contributed by atoms with Gasteiger partial charge >= 0.3 is 5.97 Å². The fraction of sp³-hybridized carbons (Fsp3) is 0.500. The number of hydrogen-bond donors (Lipinski definition) is 1. The van der Waals surface area contributed by atoms with Gasteiger partial charge in [-0.25, -0.2) is 13.2 Å². The van der Waals surface area contributed by atoms with Gasteiger partial charge in [0.05, 0.1) is 28.6 Å². The van der Waals surface area contributed by atoms with E-state index in [4.69, 9.17) is 21.2 Å². The molecule has 0 saturated carbocycles. The molecule has 1 N–H and O–H groups in total. The molecule has 3 atom stereocenters. The average molecular weight is 362 g/mol. The summed E-state index contributed by atoms with van der Waals surface area (Å²) >= 11 is 6.34. The van der Waals surface area contributed by atoms with Crippen LogP contribution in [0.1, 0.15) is 28.4 Å². The Kier molecular flexibility index (Phi) is 4.37. The molecule has 2 aliphatic rings. The molecule has 2 aliphatic heterocycles. The van der Waals surface area contributed by atoms with E-state index in [0.717, 1.165) is 12.7 Å². The Labute approximate surface area is 138 Å². The van der Waals surface area contributed by atoms with Crippen molar-refractivity contribution in [1.82, 2.24) is 5.48 Å². The number of benzene rings is 1. The molecule has 9 heteroatoms. The minimum Gasteiger partial charge on any atom is -0.465 e. The normalized spacial score (nSPS) is 27.0. The van der Waals surface area contributed by atoms with Crippen molar-refractivity contribution in [3.8, 4) is 0 Å². The second-order valence-electron chi connectivity index (χ2n) is 5.49. The highest BCUT2D eigenvalue weighted by Crippen LogP contribution is 2.42. The minimum atomic E-state index is -3.57. The highest BCUT2D eigenvalue weighted by molar-refractivity contribution is 7.90. The Hall–Kier alpha value is -1.19. The van der Waals surface area contributed by atoms with Gasteiger partial charge in [-0.05, 0) is 18.6 Å². The number of methoxy groups -OCH3 is 1. The van der Waals surface area contributed by atoms with E-state index in [9.17, 15) is 13.2 Å². The van der Waals surface area contributed by atoms with Gasteiger partial charge < -0.3 is 9.47 Å². The van der Waals surface area contributed by atoms with E-state index in [0.29, 0.717) is 6.61 Å². The first kappa shape index (κ1) is 16.7. The molecular formula is C14H16ClNO6S. The summed E-state index contributed by atoms with van der Waals surface area (Å²) in [6.45, 7) is 0.546. The lowest BCUT2D eigenvalue weighted by atomic mass is 9.98. The summed E-state index contributed by atoms with van der Waals surface area (Å²) < 4.78 is 34.6. The Bertz CT molecular complexity index is 750. The van der Waals surface area contributed by atoms with Crippen molar-refractivity contribution in [2.24, 2.45) is 0 Å². The van der Waals surface area contributed by atoms with Gasteiger partial charge in [0.1, 0.15) is 12.2 Å². The number of sulfone groups is 1. The molecule has 0 aliphatic carbocycles. The molecule has 23 heavy (non-hydrogen) atoms. The van der Waals surface area contributed by atoms with E-state index in [1.54, 1.807) is 0 Å². The maximum absolute atomic E-state index is 12.1. The number of carbonyl (C=O) groups is 1. The minimum absolute atomic E-state index is 0.00252. The molecule has 0 radical (unpaired) electrons. The van der Waals surface area contributed by atoms with Crippen molar-refractivity contribution < 1.29 is 27.5 Å². The summed E-state index contributed by atoms with van der Waals surface area (Å²) in [6.07, 6.45) is 0.754. The average Bonchev–Trinajstić information content (AvgIpc) is 3.08. The van der Waals surface area contributed by atoms with Gasteiger partial charge in [0.25, 0.3) is 0 Å². The number of carbonyl (C=O) groups excluding carboxylic acids is 1. The first-order chi connectivity index (χ1) is 10.8. The van der Waals surface area contributed by atoms with E-state index >= 15 is 0 Å². The summed E-state index contributed by atoms with van der Waals surface area (Å²) in [4.78, 5) is 17.4. The van der Waals surface area contributed by atoms with Crippen LogP contribution >= 0.6 is 11.6 Å². The van der Waals surface area contributed by atoms with Gasteiger partial charge in [0.2, 0.25) is 0 Å². The highest BCUT2D eigenvalue weighted by atomic mass is 35.5. The SMILES string of the molecule is COC(=O)c1ccc(S(C)(=O)=O)c(C2ONC3CCOC32)c1Cl. The lowest BCUT2D eigenvalue weighted by molar-refractivity contribution is -0.0286. The summed E-state index contributed by atoms with van der Waals surface area (Å²) in [5.74, 6) is -0.647. The second-order valence-corrected chi connectivity index (χ2v) is 7.85. The fourth-order valence-electron chi connectivity index (χ4n) is 2.92. The first-order valence-corrected chi connectivity index (χ1v) is 9.25. The van der Waals surface area contributed by atoms with Crippen LogP contribution in [0.3, 0.4) is 0 Å². The molecular weight excluding hydrogens is 346 g/mol. The quantitative estimate of drug-likeness (QED) is 0.810. The van der Waals surface area contributed by atoms with Crippen molar-refractivity contribution in [1.29, 1.82) is 0 Å². The zero-order valence-corrected chi connectivity index (χ0v) is 14.1. The number of esters is 1. The molecule has 0 aromatic heterocycles. The predicted molar refractivity (Wildman–Crippen MR) is 81.0 cm³/mol. The predicted octanol–water partition coefficient (Wildman–Crippen LogP) is 1.26. The van der Waals surface area contributed by atoms with Crippen LogP contribution in [0.2, 0.25) is 5.02 Å². The molecule has 2 heterocycles. The van der Waals surface area contributed by atoms with E-state index < -0.39 is 21.9 Å². The summed E-state index contributed by atoms with van der Waals surface area (Å²) in [7, 11) is -2.34. The highest BCUT2D eigenvalue weighted by Gasteiger charge is 2.45. The monoisotopic (exact) mass is 361 g/mol. The number of hydroxylamine groups is 1. The molecule has 0 spiro atoms. The molecule has 3 unspecified atom stereocenters. The molecule has 0 amide bonds. The Morgan fingerprint density at radius 2 is 2.17 bits per heavy atom. The van der Waals surface area contributed by atoms with Gasteiger partial charge in [-0.1, -0.05) is 11.6 Å². The number of nitrogens with one attached hydrogen (secondary N) is 1. The van der Waals surface area contributed by atoms with Gasteiger partial charge in [-0.15, -0.1) is 0 Å². The van der Waals surface area contributed by atoms with Crippen LogP contribution in [0.4, 0.5) is 0 Å². The molecule has 0 bridgehead atoms. The molecule has 2 fully saturated rings. The summed E-state index contributed by atoms with van der Waals surface area (Å²) in [5, 5.41) is 0.00252.